The molecule has 0 bridgehead atoms. The second-order valence-corrected chi connectivity index (χ2v) is 3.07. The SMILES string of the molecule is Fc1ccc(-c2cnc[nH]2)c(F)c1Cl. The number of nitrogens with one attached hydrogen (secondary N) is 1. The Labute approximate surface area is 83.6 Å². The number of hydrogen-bond donors (Lipinski definition) is 1. The lowest BCUT2D eigenvalue weighted by Gasteiger charge is -2.02. The van der Waals surface area contributed by atoms with Crippen molar-refractivity contribution in [1.82, 2.24) is 9.97 Å². The molecule has 2 nitrogen and oxygen atoms in total. The fourth-order valence-electron chi connectivity index (χ4n) is 1.14. The molecule has 0 radical (unpaired) electrons. The van der Waals surface area contributed by atoms with Crippen molar-refractivity contribution >= 4 is 11.6 Å². The van der Waals surface area contributed by atoms with Gasteiger partial charge in [-0.1, -0.05) is 11.6 Å². The zero-order valence-electron chi connectivity index (χ0n) is 6.89. The second kappa shape index (κ2) is 3.38. The van der Waals surface area contributed by atoms with Crippen LogP contribution in [0.3, 0.4) is 0 Å². The summed E-state index contributed by atoms with van der Waals surface area (Å²) in [6, 6.07) is 2.42. The molecule has 2 aromatic rings. The van der Waals surface area contributed by atoms with E-state index < -0.39 is 16.7 Å². The van der Waals surface area contributed by atoms with Crippen LogP contribution in [0.4, 0.5) is 8.78 Å². The van der Waals surface area contributed by atoms with Gasteiger partial charge in [-0.25, -0.2) is 13.8 Å². The van der Waals surface area contributed by atoms with E-state index in [9.17, 15) is 8.78 Å². The Bertz CT molecular complexity index is 454. The van der Waals surface area contributed by atoms with E-state index in [1.165, 1.54) is 18.6 Å². The summed E-state index contributed by atoms with van der Waals surface area (Å²) in [5.74, 6) is -1.55. The normalized spacial score (nSPS) is 10.5. The van der Waals surface area contributed by atoms with Crippen molar-refractivity contribution in [2.75, 3.05) is 0 Å². The van der Waals surface area contributed by atoms with E-state index in [4.69, 9.17) is 11.6 Å². The number of nitrogens with zero attached hydrogens (tertiary/aromatic N) is 1. The van der Waals surface area contributed by atoms with Gasteiger partial charge >= 0.3 is 0 Å². The first-order valence-electron chi connectivity index (χ1n) is 3.82. The minimum absolute atomic E-state index is 0.203. The van der Waals surface area contributed by atoms with E-state index in [0.29, 0.717) is 5.69 Å². The van der Waals surface area contributed by atoms with Crippen LogP contribution in [0.25, 0.3) is 11.3 Å². The average Bonchev–Trinajstić information content (AvgIpc) is 2.67. The third-order valence-electron chi connectivity index (χ3n) is 1.82. The number of rotatable bonds is 1. The van der Waals surface area contributed by atoms with Crippen LogP contribution in [0.2, 0.25) is 5.02 Å². The summed E-state index contributed by atoms with van der Waals surface area (Å²) >= 11 is 5.42. The molecule has 0 saturated carbocycles. The van der Waals surface area contributed by atoms with Crippen LogP contribution in [-0.4, -0.2) is 9.97 Å². The molecule has 0 spiro atoms. The Hall–Kier alpha value is -1.42. The monoisotopic (exact) mass is 214 g/mol. The standard InChI is InChI=1S/C9H5ClF2N2/c10-8-6(11)2-1-5(9(8)12)7-3-13-4-14-7/h1-4H,(H,13,14). The first-order chi connectivity index (χ1) is 6.70. The van der Waals surface area contributed by atoms with Gasteiger partial charge in [0.05, 0.1) is 18.2 Å². The molecule has 0 aliphatic carbocycles. The zero-order chi connectivity index (χ0) is 10.1. The summed E-state index contributed by atoms with van der Waals surface area (Å²) in [5.41, 5.74) is 0.665. The summed E-state index contributed by atoms with van der Waals surface area (Å²) < 4.78 is 26.2. The highest BCUT2D eigenvalue weighted by Crippen LogP contribution is 2.27. The first kappa shape index (κ1) is 9.15. The molecule has 0 aliphatic rings. The third kappa shape index (κ3) is 1.37. The lowest BCUT2D eigenvalue weighted by atomic mass is 10.1. The lowest BCUT2D eigenvalue weighted by molar-refractivity contribution is 0.586. The van der Waals surface area contributed by atoms with Crippen molar-refractivity contribution in [1.29, 1.82) is 0 Å². The number of imidazole rings is 1. The van der Waals surface area contributed by atoms with E-state index >= 15 is 0 Å². The predicted molar refractivity (Wildman–Crippen MR) is 48.9 cm³/mol. The van der Waals surface area contributed by atoms with Crippen LogP contribution < -0.4 is 0 Å². The Kier molecular flexibility index (Phi) is 2.21. The van der Waals surface area contributed by atoms with Gasteiger partial charge in [-0.3, -0.25) is 0 Å². The average molecular weight is 215 g/mol. The van der Waals surface area contributed by atoms with Gasteiger partial charge in [0.2, 0.25) is 0 Å². The molecule has 5 heteroatoms. The predicted octanol–water partition coefficient (Wildman–Crippen LogP) is 3.01. The van der Waals surface area contributed by atoms with Gasteiger partial charge in [0, 0.05) is 5.56 Å². The molecule has 72 valence electrons. The molecule has 14 heavy (non-hydrogen) atoms. The van der Waals surface area contributed by atoms with Crippen molar-refractivity contribution in [2.45, 2.75) is 0 Å². The fraction of sp³-hybridized carbons (Fsp3) is 0. The molecule has 0 amide bonds. The molecule has 0 saturated heterocycles. The van der Waals surface area contributed by atoms with Gasteiger partial charge in [0.15, 0.2) is 5.82 Å². The minimum Gasteiger partial charge on any atom is -0.345 e. The van der Waals surface area contributed by atoms with Crippen molar-refractivity contribution in [2.24, 2.45) is 0 Å². The second-order valence-electron chi connectivity index (χ2n) is 2.69. The molecule has 1 aromatic heterocycles. The van der Waals surface area contributed by atoms with E-state index in [1.54, 1.807) is 0 Å². The van der Waals surface area contributed by atoms with Crippen molar-refractivity contribution in [3.05, 3.63) is 41.3 Å². The topological polar surface area (TPSA) is 28.7 Å². The zero-order valence-corrected chi connectivity index (χ0v) is 7.65. The Morgan fingerprint density at radius 2 is 2.07 bits per heavy atom. The minimum atomic E-state index is -0.782. The molecule has 0 aliphatic heterocycles. The summed E-state index contributed by atoms with van der Waals surface area (Å²) in [7, 11) is 0. The molecule has 1 heterocycles. The van der Waals surface area contributed by atoms with Gasteiger partial charge < -0.3 is 4.98 Å². The summed E-state index contributed by atoms with van der Waals surface area (Å²) in [6.45, 7) is 0. The molecule has 2 rings (SSSR count). The highest BCUT2D eigenvalue weighted by Gasteiger charge is 2.13. The molecule has 1 aromatic carbocycles. The third-order valence-corrected chi connectivity index (χ3v) is 2.17. The number of benzene rings is 1. The maximum atomic E-state index is 13.4. The van der Waals surface area contributed by atoms with Crippen molar-refractivity contribution < 1.29 is 8.78 Å². The number of H-pyrrole nitrogens is 1. The van der Waals surface area contributed by atoms with Crippen LogP contribution in [0.5, 0.6) is 0 Å². The van der Waals surface area contributed by atoms with E-state index in [-0.39, 0.29) is 5.56 Å². The fourth-order valence-corrected chi connectivity index (χ4v) is 1.30. The highest BCUT2D eigenvalue weighted by atomic mass is 35.5. The van der Waals surface area contributed by atoms with Crippen LogP contribution in [-0.2, 0) is 0 Å². The van der Waals surface area contributed by atoms with Crippen molar-refractivity contribution in [3.8, 4) is 11.3 Å². The lowest BCUT2D eigenvalue weighted by Crippen LogP contribution is -1.89. The van der Waals surface area contributed by atoms with Gasteiger partial charge in [-0.05, 0) is 12.1 Å². The molecule has 1 N–H and O–H groups in total. The maximum absolute atomic E-state index is 13.4. The summed E-state index contributed by atoms with van der Waals surface area (Å²) in [6.07, 6.45) is 2.85. The Morgan fingerprint density at radius 3 is 2.71 bits per heavy atom. The molecular formula is C9H5ClF2N2. The maximum Gasteiger partial charge on any atom is 0.154 e. The molecule has 0 atom stereocenters. The Morgan fingerprint density at radius 1 is 1.29 bits per heavy atom. The number of aromatic amines is 1. The van der Waals surface area contributed by atoms with Crippen LogP contribution >= 0.6 is 11.6 Å². The molecular weight excluding hydrogens is 210 g/mol. The van der Waals surface area contributed by atoms with Gasteiger partial charge in [-0.2, -0.15) is 0 Å². The number of aromatic nitrogens is 2. The van der Waals surface area contributed by atoms with Gasteiger partial charge in [0.25, 0.3) is 0 Å². The summed E-state index contributed by atoms with van der Waals surface area (Å²) in [5, 5.41) is -0.503. The Balaban J connectivity index is 2.61. The summed E-state index contributed by atoms with van der Waals surface area (Å²) in [4.78, 5) is 6.44. The molecule has 0 unspecified atom stereocenters. The largest absolute Gasteiger partial charge is 0.345 e. The molecule has 0 fully saturated rings. The van der Waals surface area contributed by atoms with E-state index in [1.807, 2.05) is 0 Å². The van der Waals surface area contributed by atoms with Crippen molar-refractivity contribution in [3.63, 3.8) is 0 Å². The highest BCUT2D eigenvalue weighted by molar-refractivity contribution is 6.31. The van der Waals surface area contributed by atoms with Gasteiger partial charge in [-0.15, -0.1) is 0 Å². The van der Waals surface area contributed by atoms with Crippen LogP contribution in [0.15, 0.2) is 24.7 Å². The quantitative estimate of drug-likeness (QED) is 0.727. The van der Waals surface area contributed by atoms with Crippen LogP contribution in [0, 0.1) is 11.6 Å². The van der Waals surface area contributed by atoms with Gasteiger partial charge in [0.1, 0.15) is 10.8 Å². The van der Waals surface area contributed by atoms with E-state index in [2.05, 4.69) is 9.97 Å². The number of hydrogen-bond acceptors (Lipinski definition) is 1. The van der Waals surface area contributed by atoms with E-state index in [0.717, 1.165) is 6.07 Å². The smallest absolute Gasteiger partial charge is 0.154 e. The van der Waals surface area contributed by atoms with Crippen LogP contribution in [0.1, 0.15) is 0 Å². The number of halogens is 3. The first-order valence-corrected chi connectivity index (χ1v) is 4.20.